The van der Waals surface area contributed by atoms with Crippen LogP contribution in [0.5, 0.6) is 0 Å². The maximum atomic E-state index is 15.3. The summed E-state index contributed by atoms with van der Waals surface area (Å²) in [5.41, 5.74) is 4.13. The molecule has 1 aliphatic heterocycles. The van der Waals surface area contributed by atoms with Crippen LogP contribution in [0.25, 0.3) is 11.3 Å². The molecule has 206 valence electrons. The van der Waals surface area contributed by atoms with Crippen LogP contribution in [0.2, 0.25) is 0 Å². The first-order valence-electron chi connectivity index (χ1n) is 13.0. The van der Waals surface area contributed by atoms with Gasteiger partial charge in [0.05, 0.1) is 11.4 Å². The maximum Gasteiger partial charge on any atom is 0.331 e. The summed E-state index contributed by atoms with van der Waals surface area (Å²) in [7, 11) is 3.40. The summed E-state index contributed by atoms with van der Waals surface area (Å²) < 4.78 is 30.6. The summed E-state index contributed by atoms with van der Waals surface area (Å²) in [5, 5.41) is 3.23. The number of nitrogens with one attached hydrogen (secondary N) is 1. The van der Waals surface area contributed by atoms with E-state index in [4.69, 9.17) is 0 Å². The zero-order valence-corrected chi connectivity index (χ0v) is 22.6. The topological polar surface area (TPSA) is 77.5 Å². The second kappa shape index (κ2) is 11.4. The molecule has 3 heterocycles. The Bertz CT molecular complexity index is 1470. The molecule has 5 rings (SSSR count). The summed E-state index contributed by atoms with van der Waals surface area (Å²) in [4.78, 5) is 29.8. The van der Waals surface area contributed by atoms with E-state index >= 15 is 8.78 Å². The predicted molar refractivity (Wildman–Crippen MR) is 152 cm³/mol. The Morgan fingerprint density at radius 3 is 2.52 bits per heavy atom. The van der Waals surface area contributed by atoms with Crippen molar-refractivity contribution in [3.63, 3.8) is 0 Å². The van der Waals surface area contributed by atoms with Crippen molar-refractivity contribution in [2.24, 2.45) is 0 Å². The number of hydrogen-bond acceptors (Lipinski definition) is 7. The van der Waals surface area contributed by atoms with Crippen molar-refractivity contribution in [3.8, 4) is 11.3 Å². The van der Waals surface area contributed by atoms with Gasteiger partial charge >= 0.3 is 6.05 Å². The van der Waals surface area contributed by atoms with Gasteiger partial charge in [0, 0.05) is 53.7 Å². The molecule has 1 unspecified atom stereocenters. The van der Waals surface area contributed by atoms with Gasteiger partial charge in [-0.15, -0.1) is 0 Å². The van der Waals surface area contributed by atoms with Crippen LogP contribution in [0.1, 0.15) is 17.5 Å². The minimum Gasteiger partial charge on any atom is -0.324 e. The molecule has 40 heavy (non-hydrogen) atoms. The molecule has 1 aliphatic rings. The molecule has 2 aromatic carbocycles. The molecule has 0 saturated carbocycles. The van der Waals surface area contributed by atoms with E-state index < -0.39 is 6.05 Å². The Balaban J connectivity index is 1.36. The molecular weight excluding hydrogens is 512 g/mol. The van der Waals surface area contributed by atoms with Crippen molar-refractivity contribution in [2.75, 3.05) is 37.4 Å². The quantitative estimate of drug-likeness (QED) is 0.218. The van der Waals surface area contributed by atoms with Crippen LogP contribution in [0.15, 0.2) is 79.3 Å². The summed E-state index contributed by atoms with van der Waals surface area (Å²) in [6, 6.07) is 13.5. The van der Waals surface area contributed by atoms with Gasteiger partial charge in [0.25, 0.3) is 0 Å². The normalized spacial score (nSPS) is 15.8. The van der Waals surface area contributed by atoms with Crippen LogP contribution in [-0.4, -0.2) is 64.4 Å². The van der Waals surface area contributed by atoms with Crippen molar-refractivity contribution < 1.29 is 13.6 Å². The highest BCUT2D eigenvalue weighted by atomic mass is 19.3. The lowest BCUT2D eigenvalue weighted by atomic mass is 10.1. The third-order valence-electron chi connectivity index (χ3n) is 7.31. The SMILES string of the molecule is Cc1ccc(N(C=O)c2ccc(C(F)(F)N(C)C3CCN(C)C3)cc2)cc1Nc1nccc(-c2cccnc2)n1. The monoisotopic (exact) mass is 543 g/mol. The summed E-state index contributed by atoms with van der Waals surface area (Å²) in [5.74, 6) is 0.392. The largest absolute Gasteiger partial charge is 0.331 e. The number of carbonyl (C=O) groups excluding carboxylic acids is 1. The first-order chi connectivity index (χ1) is 19.3. The van der Waals surface area contributed by atoms with Crippen LogP contribution in [-0.2, 0) is 10.8 Å². The van der Waals surface area contributed by atoms with Crippen LogP contribution < -0.4 is 10.2 Å². The molecule has 1 atom stereocenters. The van der Waals surface area contributed by atoms with Gasteiger partial charge in [-0.05, 0) is 94.1 Å². The molecule has 1 fully saturated rings. The van der Waals surface area contributed by atoms with Crippen molar-refractivity contribution in [2.45, 2.75) is 25.4 Å². The predicted octanol–water partition coefficient (Wildman–Crippen LogP) is 5.57. The van der Waals surface area contributed by atoms with E-state index in [-0.39, 0.29) is 11.6 Å². The second-order valence-electron chi connectivity index (χ2n) is 10.0. The molecule has 0 aliphatic carbocycles. The molecule has 1 amide bonds. The van der Waals surface area contributed by atoms with E-state index in [2.05, 4.69) is 25.2 Å². The number of aromatic nitrogens is 3. The fourth-order valence-electron chi connectivity index (χ4n) is 4.86. The molecule has 2 aromatic heterocycles. The van der Waals surface area contributed by atoms with Crippen LogP contribution in [0.4, 0.5) is 31.8 Å². The fraction of sp³-hybridized carbons (Fsp3) is 0.267. The van der Waals surface area contributed by atoms with Crippen LogP contribution >= 0.6 is 0 Å². The highest BCUT2D eigenvalue weighted by Gasteiger charge is 2.42. The number of halogens is 2. The van der Waals surface area contributed by atoms with E-state index in [1.807, 2.05) is 32.2 Å². The Morgan fingerprint density at radius 1 is 1.07 bits per heavy atom. The number of likely N-dealkylation sites (tertiary alicyclic amines) is 1. The first-order valence-corrected chi connectivity index (χ1v) is 13.0. The number of alkyl halides is 2. The van der Waals surface area contributed by atoms with E-state index in [1.54, 1.807) is 48.9 Å². The lowest BCUT2D eigenvalue weighted by molar-refractivity contribution is -0.158. The van der Waals surface area contributed by atoms with Gasteiger partial charge in [0.15, 0.2) is 0 Å². The number of anilines is 4. The Hall–Kier alpha value is -4.28. The molecule has 4 aromatic rings. The van der Waals surface area contributed by atoms with Gasteiger partial charge in [-0.25, -0.2) is 14.9 Å². The first kappa shape index (κ1) is 27.3. The van der Waals surface area contributed by atoms with Gasteiger partial charge in [-0.2, -0.15) is 8.78 Å². The second-order valence-corrected chi connectivity index (χ2v) is 10.0. The van der Waals surface area contributed by atoms with Crippen LogP contribution in [0, 0.1) is 6.92 Å². The Morgan fingerprint density at radius 2 is 1.85 bits per heavy atom. The molecule has 1 saturated heterocycles. The number of aryl methyl sites for hydroxylation is 1. The number of benzene rings is 2. The zero-order chi connectivity index (χ0) is 28.3. The van der Waals surface area contributed by atoms with Gasteiger partial charge in [0.1, 0.15) is 0 Å². The number of pyridine rings is 1. The molecule has 10 heteroatoms. The molecule has 0 spiro atoms. The summed E-state index contributed by atoms with van der Waals surface area (Å²) >= 11 is 0. The highest BCUT2D eigenvalue weighted by Crippen LogP contribution is 2.36. The fourth-order valence-corrected chi connectivity index (χ4v) is 4.86. The third kappa shape index (κ3) is 5.68. The number of amides is 1. The van der Waals surface area contributed by atoms with Gasteiger partial charge in [-0.1, -0.05) is 6.07 Å². The van der Waals surface area contributed by atoms with Crippen molar-refractivity contribution in [3.05, 3.63) is 90.4 Å². The maximum absolute atomic E-state index is 15.3. The van der Waals surface area contributed by atoms with Crippen molar-refractivity contribution in [1.29, 1.82) is 0 Å². The molecule has 1 N–H and O–H groups in total. The number of carbonyl (C=O) groups is 1. The summed E-state index contributed by atoms with van der Waals surface area (Å²) in [6.07, 6.45) is 6.45. The van der Waals surface area contributed by atoms with Crippen molar-refractivity contribution >= 4 is 29.4 Å². The molecule has 8 nitrogen and oxygen atoms in total. The number of hydrogen-bond donors (Lipinski definition) is 1. The standard InChI is InChI=1S/C30H31F2N7O/c1-21-6-9-25(17-28(21)36-29-34-15-12-27(35-29)22-5-4-14-33-18-22)39(20-40)24-10-7-23(8-11-24)30(31,32)38(3)26-13-16-37(2)19-26/h4-12,14-15,17-18,20,26H,13,16,19H2,1-3H3,(H,34,35,36). The smallest absolute Gasteiger partial charge is 0.324 e. The average Bonchev–Trinajstić information content (AvgIpc) is 3.41. The van der Waals surface area contributed by atoms with Gasteiger partial charge in [-0.3, -0.25) is 14.7 Å². The third-order valence-corrected chi connectivity index (χ3v) is 7.31. The van der Waals surface area contributed by atoms with E-state index in [1.165, 1.54) is 24.1 Å². The Labute approximate surface area is 232 Å². The van der Waals surface area contributed by atoms with Gasteiger partial charge in [0.2, 0.25) is 12.4 Å². The van der Waals surface area contributed by atoms with E-state index in [0.717, 1.165) is 28.3 Å². The number of likely N-dealkylation sites (N-methyl/N-ethyl adjacent to an activating group) is 2. The zero-order valence-electron chi connectivity index (χ0n) is 22.6. The molecule has 0 radical (unpaired) electrons. The number of nitrogens with zero attached hydrogens (tertiary/aromatic N) is 6. The average molecular weight is 544 g/mol. The lowest BCUT2D eigenvalue weighted by Crippen LogP contribution is -2.44. The molecular formula is C30H31F2N7O. The number of rotatable bonds is 9. The highest BCUT2D eigenvalue weighted by molar-refractivity contribution is 5.88. The Kier molecular flexibility index (Phi) is 7.81. The lowest BCUT2D eigenvalue weighted by Gasteiger charge is -2.33. The summed E-state index contributed by atoms with van der Waals surface area (Å²) in [6.45, 7) is 3.33. The van der Waals surface area contributed by atoms with Crippen LogP contribution in [0.3, 0.4) is 0 Å². The van der Waals surface area contributed by atoms with E-state index in [9.17, 15) is 4.79 Å². The minimum atomic E-state index is -3.13. The van der Waals surface area contributed by atoms with E-state index in [0.29, 0.717) is 42.4 Å². The van der Waals surface area contributed by atoms with Gasteiger partial charge < -0.3 is 10.2 Å². The molecule has 0 bridgehead atoms. The minimum absolute atomic E-state index is 0.115. The van der Waals surface area contributed by atoms with Crippen molar-refractivity contribution in [1.82, 2.24) is 24.8 Å².